The van der Waals surface area contributed by atoms with Gasteiger partial charge in [0.25, 0.3) is 5.56 Å². The highest BCUT2D eigenvalue weighted by Gasteiger charge is 2.21. The largest absolute Gasteiger partial charge is 0.465 e. The Kier molecular flexibility index (Phi) is 5.20. The second-order valence-electron chi connectivity index (χ2n) is 8.68. The van der Waals surface area contributed by atoms with E-state index in [0.717, 1.165) is 27.0 Å². The smallest absolute Gasteiger partial charge is 0.313 e. The highest BCUT2D eigenvalue weighted by atomic mass is 32.1. The molecular weight excluding hydrogens is 396 g/mol. The minimum atomic E-state index is -0.372. The number of thiazole rings is 1. The fourth-order valence-electron chi connectivity index (χ4n) is 3.30. The highest BCUT2D eigenvalue weighted by molar-refractivity contribution is 7.23. The van der Waals surface area contributed by atoms with E-state index >= 15 is 0 Å². The average molecular weight is 421 g/mol. The molecule has 0 saturated carbocycles. The van der Waals surface area contributed by atoms with Gasteiger partial charge in [0.05, 0.1) is 28.4 Å². The summed E-state index contributed by atoms with van der Waals surface area (Å²) >= 11 is 1.45. The van der Waals surface area contributed by atoms with Crippen LogP contribution in [0.3, 0.4) is 0 Å². The summed E-state index contributed by atoms with van der Waals surface area (Å²) in [5.41, 5.74) is 3.27. The predicted molar refractivity (Wildman–Crippen MR) is 121 cm³/mol. The fourth-order valence-corrected chi connectivity index (χ4v) is 4.38. The van der Waals surface area contributed by atoms with Gasteiger partial charge < -0.3 is 4.74 Å². The zero-order valence-electron chi connectivity index (χ0n) is 17.5. The highest BCUT2D eigenvalue weighted by Crippen LogP contribution is 2.32. The van der Waals surface area contributed by atoms with Crippen LogP contribution in [0.2, 0.25) is 0 Å². The summed E-state index contributed by atoms with van der Waals surface area (Å²) in [4.78, 5) is 29.5. The summed E-state index contributed by atoms with van der Waals surface area (Å²) in [7, 11) is 0. The van der Waals surface area contributed by atoms with Crippen LogP contribution in [0.5, 0.6) is 0 Å². The maximum Gasteiger partial charge on any atom is 0.313 e. The van der Waals surface area contributed by atoms with Crippen molar-refractivity contribution in [3.05, 3.63) is 70.5 Å². The molecule has 2 aromatic carbocycles. The van der Waals surface area contributed by atoms with E-state index in [2.05, 4.69) is 4.98 Å². The summed E-state index contributed by atoms with van der Waals surface area (Å²) in [5.74, 6) is -0.605. The monoisotopic (exact) mass is 420 g/mol. The Balaban J connectivity index is 1.77. The molecule has 1 atom stereocenters. The number of carbonyl (C=O) groups excluding carboxylic acids is 1. The molecule has 0 amide bonds. The van der Waals surface area contributed by atoms with E-state index in [-0.39, 0.29) is 22.9 Å². The van der Waals surface area contributed by atoms with Gasteiger partial charge in [-0.15, -0.1) is 0 Å². The SMILES string of the molecule is CC(C(=O)OCC(C)(C)C)c1ccc2c(c1)sc1nc(=O)cc(-c3ccccc3)n12. The van der Waals surface area contributed by atoms with Gasteiger partial charge >= 0.3 is 5.97 Å². The molecule has 0 saturated heterocycles. The third-order valence-corrected chi connectivity index (χ3v) is 5.90. The molecule has 30 heavy (non-hydrogen) atoms. The van der Waals surface area contributed by atoms with E-state index in [0.29, 0.717) is 11.6 Å². The molecule has 0 aliphatic heterocycles. The summed E-state index contributed by atoms with van der Waals surface area (Å²) in [6.07, 6.45) is 0. The number of aromatic nitrogens is 2. The standard InChI is InChI=1S/C24H24N2O3S/c1-15(22(28)29-14-24(2,3)4)17-10-11-18-20(12-17)30-23-25-21(27)13-19(26(18)23)16-8-6-5-7-9-16/h5-13,15H,14H2,1-4H3. The van der Waals surface area contributed by atoms with Gasteiger partial charge in [-0.1, -0.05) is 68.5 Å². The van der Waals surface area contributed by atoms with Crippen molar-refractivity contribution in [2.45, 2.75) is 33.6 Å². The molecule has 0 aliphatic rings. The molecular formula is C24H24N2O3S. The van der Waals surface area contributed by atoms with Crippen LogP contribution in [0.15, 0.2) is 59.4 Å². The Bertz CT molecular complexity index is 1280. The minimum Gasteiger partial charge on any atom is -0.465 e. The third-order valence-electron chi connectivity index (χ3n) is 4.89. The first-order valence-corrected chi connectivity index (χ1v) is 10.7. The van der Waals surface area contributed by atoms with Gasteiger partial charge in [-0.2, -0.15) is 4.98 Å². The van der Waals surface area contributed by atoms with E-state index in [1.54, 1.807) is 6.07 Å². The van der Waals surface area contributed by atoms with E-state index in [9.17, 15) is 9.59 Å². The predicted octanol–water partition coefficient (Wildman–Crippen LogP) is 5.27. The second kappa shape index (κ2) is 7.69. The molecule has 1 unspecified atom stereocenters. The van der Waals surface area contributed by atoms with E-state index in [1.807, 2.05) is 80.6 Å². The lowest BCUT2D eigenvalue weighted by molar-refractivity contribution is -0.147. The molecule has 0 radical (unpaired) electrons. The first-order valence-electron chi connectivity index (χ1n) is 9.91. The van der Waals surface area contributed by atoms with Crippen LogP contribution in [0.25, 0.3) is 26.4 Å². The number of hydrogen-bond donors (Lipinski definition) is 0. The molecule has 2 heterocycles. The van der Waals surface area contributed by atoms with Gasteiger partial charge in [0.2, 0.25) is 0 Å². The number of ether oxygens (including phenoxy) is 1. The zero-order valence-corrected chi connectivity index (χ0v) is 18.3. The molecule has 0 aliphatic carbocycles. The van der Waals surface area contributed by atoms with Gasteiger partial charge in [0.1, 0.15) is 0 Å². The van der Waals surface area contributed by atoms with Crippen LogP contribution >= 0.6 is 11.3 Å². The van der Waals surface area contributed by atoms with Crippen molar-refractivity contribution < 1.29 is 9.53 Å². The Morgan fingerprint density at radius 2 is 1.87 bits per heavy atom. The summed E-state index contributed by atoms with van der Waals surface area (Å²) < 4.78 is 8.47. The van der Waals surface area contributed by atoms with Crippen molar-refractivity contribution in [3.8, 4) is 11.3 Å². The lowest BCUT2D eigenvalue weighted by Crippen LogP contribution is -2.21. The molecule has 4 rings (SSSR count). The number of benzene rings is 2. The number of rotatable bonds is 4. The molecule has 4 aromatic rings. The Labute approximate surface area is 179 Å². The lowest BCUT2D eigenvalue weighted by Gasteiger charge is -2.20. The number of esters is 1. The molecule has 2 aromatic heterocycles. The zero-order chi connectivity index (χ0) is 21.5. The van der Waals surface area contributed by atoms with Crippen molar-refractivity contribution in [1.82, 2.24) is 9.38 Å². The number of nitrogens with zero attached hydrogens (tertiary/aromatic N) is 2. The topological polar surface area (TPSA) is 60.7 Å². The fraction of sp³-hybridized carbons (Fsp3) is 0.292. The van der Waals surface area contributed by atoms with Crippen molar-refractivity contribution in [3.63, 3.8) is 0 Å². The summed E-state index contributed by atoms with van der Waals surface area (Å²) in [6.45, 7) is 8.34. The van der Waals surface area contributed by atoms with Crippen LogP contribution in [-0.2, 0) is 9.53 Å². The minimum absolute atomic E-state index is 0.0724. The first-order chi connectivity index (χ1) is 14.2. The van der Waals surface area contributed by atoms with E-state index in [1.165, 1.54) is 11.3 Å². The number of carbonyl (C=O) groups is 1. The molecule has 0 N–H and O–H groups in total. The van der Waals surface area contributed by atoms with Crippen molar-refractivity contribution in [2.24, 2.45) is 5.41 Å². The van der Waals surface area contributed by atoms with Gasteiger partial charge in [-0.05, 0) is 35.6 Å². The van der Waals surface area contributed by atoms with Gasteiger partial charge in [0, 0.05) is 6.07 Å². The molecule has 0 fully saturated rings. The van der Waals surface area contributed by atoms with Crippen LogP contribution in [0.1, 0.15) is 39.2 Å². The molecule has 5 nitrogen and oxygen atoms in total. The average Bonchev–Trinajstić information content (AvgIpc) is 3.08. The van der Waals surface area contributed by atoms with Gasteiger partial charge in [-0.25, -0.2) is 0 Å². The molecule has 6 heteroatoms. The van der Waals surface area contributed by atoms with Crippen LogP contribution < -0.4 is 5.56 Å². The van der Waals surface area contributed by atoms with Crippen molar-refractivity contribution in [1.29, 1.82) is 0 Å². The van der Waals surface area contributed by atoms with Crippen molar-refractivity contribution >= 4 is 32.5 Å². The van der Waals surface area contributed by atoms with E-state index in [4.69, 9.17) is 4.74 Å². The maximum absolute atomic E-state index is 12.5. The van der Waals surface area contributed by atoms with Crippen LogP contribution in [0, 0.1) is 5.41 Å². The first kappa shape index (κ1) is 20.3. The second-order valence-corrected chi connectivity index (χ2v) is 9.69. The maximum atomic E-state index is 12.5. The molecule has 154 valence electrons. The summed E-state index contributed by atoms with van der Waals surface area (Å²) in [6, 6.07) is 17.3. The molecule has 0 spiro atoms. The van der Waals surface area contributed by atoms with Crippen molar-refractivity contribution in [2.75, 3.05) is 6.61 Å². The third kappa shape index (κ3) is 4.00. The van der Waals surface area contributed by atoms with Gasteiger partial charge in [-0.3, -0.25) is 14.0 Å². The Morgan fingerprint density at radius 3 is 2.57 bits per heavy atom. The normalized spacial score (nSPS) is 12.9. The number of hydrogen-bond acceptors (Lipinski definition) is 5. The van der Waals surface area contributed by atoms with Crippen LogP contribution in [-0.4, -0.2) is 22.0 Å². The Morgan fingerprint density at radius 1 is 1.13 bits per heavy atom. The van der Waals surface area contributed by atoms with Crippen LogP contribution in [0.4, 0.5) is 0 Å². The summed E-state index contributed by atoms with van der Waals surface area (Å²) in [5, 5.41) is 0. The lowest BCUT2D eigenvalue weighted by atomic mass is 9.98. The van der Waals surface area contributed by atoms with Gasteiger partial charge in [0.15, 0.2) is 4.96 Å². The number of fused-ring (bicyclic) bond motifs is 3. The van der Waals surface area contributed by atoms with E-state index < -0.39 is 0 Å². The quantitative estimate of drug-likeness (QED) is 0.422. The molecule has 0 bridgehead atoms. The Hall–Kier alpha value is -2.99.